The minimum absolute atomic E-state index is 0.0270. The van der Waals surface area contributed by atoms with Gasteiger partial charge in [-0.25, -0.2) is 4.79 Å². The average Bonchev–Trinajstić information content (AvgIpc) is 2.64. The SMILES string of the molecule is CC1=C(C(=O)Nc2ccc(C)c(C)c2)[C@@H](c2ccc(Cl)c([N+](=O)[O-])c2)NC(=O)N1. The summed E-state index contributed by atoms with van der Waals surface area (Å²) in [6, 6.07) is 8.33. The van der Waals surface area contributed by atoms with Crippen LogP contribution < -0.4 is 16.0 Å². The van der Waals surface area contributed by atoms with Gasteiger partial charge in [0.25, 0.3) is 11.6 Å². The molecule has 150 valence electrons. The number of nitro benzene ring substituents is 1. The number of carbonyl (C=O) groups is 2. The van der Waals surface area contributed by atoms with Crippen LogP contribution in [0.1, 0.15) is 29.7 Å². The van der Waals surface area contributed by atoms with Crippen LogP contribution in [0.2, 0.25) is 5.02 Å². The van der Waals surface area contributed by atoms with E-state index in [1.165, 1.54) is 12.1 Å². The van der Waals surface area contributed by atoms with Crippen LogP contribution in [-0.4, -0.2) is 16.9 Å². The lowest BCUT2D eigenvalue weighted by atomic mass is 9.94. The Labute approximate surface area is 172 Å². The summed E-state index contributed by atoms with van der Waals surface area (Å²) in [6.45, 7) is 5.51. The summed E-state index contributed by atoms with van der Waals surface area (Å²) in [5, 5.41) is 19.3. The molecule has 8 nitrogen and oxygen atoms in total. The highest BCUT2D eigenvalue weighted by molar-refractivity contribution is 6.32. The quantitative estimate of drug-likeness (QED) is 0.515. The Hall–Kier alpha value is -3.39. The highest BCUT2D eigenvalue weighted by Gasteiger charge is 2.32. The molecule has 1 aliphatic rings. The Bertz CT molecular complexity index is 1060. The van der Waals surface area contributed by atoms with Crippen LogP contribution in [0.15, 0.2) is 47.7 Å². The molecule has 0 aliphatic carbocycles. The van der Waals surface area contributed by atoms with Crippen LogP contribution in [0.25, 0.3) is 0 Å². The van der Waals surface area contributed by atoms with Crippen molar-refractivity contribution < 1.29 is 14.5 Å². The summed E-state index contributed by atoms with van der Waals surface area (Å²) < 4.78 is 0. The van der Waals surface area contributed by atoms with Crippen molar-refractivity contribution in [1.82, 2.24) is 10.6 Å². The summed E-state index contributed by atoms with van der Waals surface area (Å²) in [5.74, 6) is -0.430. The number of nitro groups is 1. The zero-order chi connectivity index (χ0) is 21.3. The van der Waals surface area contributed by atoms with Gasteiger partial charge in [0.15, 0.2) is 0 Å². The maximum absolute atomic E-state index is 13.0. The molecule has 2 aromatic rings. The van der Waals surface area contributed by atoms with Gasteiger partial charge in [-0.2, -0.15) is 0 Å². The van der Waals surface area contributed by atoms with E-state index < -0.39 is 22.9 Å². The first-order valence-corrected chi connectivity index (χ1v) is 9.16. The lowest BCUT2D eigenvalue weighted by molar-refractivity contribution is -0.384. The van der Waals surface area contributed by atoms with Gasteiger partial charge in [-0.05, 0) is 55.7 Å². The first kappa shape index (κ1) is 20.3. The van der Waals surface area contributed by atoms with Crippen LogP contribution in [0.3, 0.4) is 0 Å². The summed E-state index contributed by atoms with van der Waals surface area (Å²) >= 11 is 5.89. The van der Waals surface area contributed by atoms with Crippen molar-refractivity contribution >= 4 is 34.9 Å². The van der Waals surface area contributed by atoms with Gasteiger partial charge in [0.2, 0.25) is 0 Å². The number of anilines is 1. The van der Waals surface area contributed by atoms with Crippen molar-refractivity contribution in [3.05, 3.63) is 79.5 Å². The molecule has 9 heteroatoms. The predicted molar refractivity (Wildman–Crippen MR) is 110 cm³/mol. The Balaban J connectivity index is 2.00. The van der Waals surface area contributed by atoms with Gasteiger partial charge in [0.05, 0.1) is 16.5 Å². The van der Waals surface area contributed by atoms with Gasteiger partial charge in [-0.1, -0.05) is 23.7 Å². The molecule has 0 aromatic heterocycles. The second-order valence-electron chi connectivity index (χ2n) is 6.79. The van der Waals surface area contributed by atoms with Crippen molar-refractivity contribution in [1.29, 1.82) is 0 Å². The number of halogens is 1. The van der Waals surface area contributed by atoms with Gasteiger partial charge in [0, 0.05) is 17.5 Å². The van der Waals surface area contributed by atoms with Crippen LogP contribution in [0.5, 0.6) is 0 Å². The van der Waals surface area contributed by atoms with Crippen LogP contribution >= 0.6 is 11.6 Å². The third-order valence-electron chi connectivity index (χ3n) is 4.78. The van der Waals surface area contributed by atoms with E-state index in [0.29, 0.717) is 16.9 Å². The summed E-state index contributed by atoms with van der Waals surface area (Å²) in [6.07, 6.45) is 0. The van der Waals surface area contributed by atoms with Crippen molar-refractivity contribution in [3.8, 4) is 0 Å². The van der Waals surface area contributed by atoms with Crippen molar-refractivity contribution in [2.45, 2.75) is 26.8 Å². The summed E-state index contributed by atoms with van der Waals surface area (Å²) in [7, 11) is 0. The number of urea groups is 1. The molecule has 0 saturated heterocycles. The minimum atomic E-state index is -0.869. The van der Waals surface area contributed by atoms with E-state index in [0.717, 1.165) is 11.1 Å². The van der Waals surface area contributed by atoms with Crippen LogP contribution in [0, 0.1) is 24.0 Å². The first-order valence-electron chi connectivity index (χ1n) is 8.78. The highest BCUT2D eigenvalue weighted by Crippen LogP contribution is 2.33. The topological polar surface area (TPSA) is 113 Å². The van der Waals surface area contributed by atoms with Gasteiger partial charge >= 0.3 is 6.03 Å². The largest absolute Gasteiger partial charge is 0.327 e. The third-order valence-corrected chi connectivity index (χ3v) is 5.10. The van der Waals surface area contributed by atoms with E-state index in [-0.39, 0.29) is 16.3 Å². The lowest BCUT2D eigenvalue weighted by Gasteiger charge is -2.28. The molecule has 1 heterocycles. The molecule has 0 bridgehead atoms. The molecular formula is C20H19ClN4O4. The lowest BCUT2D eigenvalue weighted by Crippen LogP contribution is -2.46. The van der Waals surface area contributed by atoms with E-state index in [2.05, 4.69) is 16.0 Å². The Kier molecular flexibility index (Phi) is 5.56. The zero-order valence-electron chi connectivity index (χ0n) is 16.0. The normalized spacial score (nSPS) is 16.1. The molecule has 0 fully saturated rings. The van der Waals surface area contributed by atoms with Gasteiger partial charge in [-0.15, -0.1) is 0 Å². The second kappa shape index (κ2) is 7.92. The molecule has 1 atom stereocenters. The van der Waals surface area contributed by atoms with Gasteiger partial charge in [0.1, 0.15) is 5.02 Å². The number of hydrogen-bond acceptors (Lipinski definition) is 4. The number of carbonyl (C=O) groups excluding carboxylic acids is 2. The molecule has 3 N–H and O–H groups in total. The van der Waals surface area contributed by atoms with Crippen LogP contribution in [-0.2, 0) is 4.79 Å². The Morgan fingerprint density at radius 3 is 2.52 bits per heavy atom. The molecule has 2 aromatic carbocycles. The molecule has 0 saturated carbocycles. The zero-order valence-corrected chi connectivity index (χ0v) is 16.8. The minimum Gasteiger partial charge on any atom is -0.327 e. The molecule has 0 radical (unpaired) electrons. The Morgan fingerprint density at radius 1 is 1.14 bits per heavy atom. The fourth-order valence-corrected chi connectivity index (χ4v) is 3.30. The average molecular weight is 415 g/mol. The van der Waals surface area contributed by atoms with E-state index in [1.54, 1.807) is 19.1 Å². The number of hydrogen-bond donors (Lipinski definition) is 3. The molecule has 3 rings (SSSR count). The molecule has 1 aliphatic heterocycles. The van der Waals surface area contributed by atoms with E-state index in [9.17, 15) is 19.7 Å². The number of amides is 3. The molecule has 29 heavy (non-hydrogen) atoms. The summed E-state index contributed by atoms with van der Waals surface area (Å²) in [4.78, 5) is 35.7. The fourth-order valence-electron chi connectivity index (χ4n) is 3.11. The number of rotatable bonds is 4. The molecule has 0 spiro atoms. The smallest absolute Gasteiger partial charge is 0.319 e. The number of aryl methyl sites for hydroxylation is 2. The van der Waals surface area contributed by atoms with E-state index >= 15 is 0 Å². The van der Waals surface area contributed by atoms with E-state index in [4.69, 9.17) is 11.6 Å². The molecular weight excluding hydrogens is 396 g/mol. The van der Waals surface area contributed by atoms with Crippen molar-refractivity contribution in [2.75, 3.05) is 5.32 Å². The Morgan fingerprint density at radius 2 is 1.86 bits per heavy atom. The number of nitrogens with one attached hydrogen (secondary N) is 3. The summed E-state index contributed by atoms with van der Waals surface area (Å²) in [5.41, 5.74) is 3.40. The number of benzene rings is 2. The second-order valence-corrected chi connectivity index (χ2v) is 7.20. The van der Waals surface area contributed by atoms with Crippen molar-refractivity contribution in [2.24, 2.45) is 0 Å². The number of nitrogens with zero attached hydrogens (tertiary/aromatic N) is 1. The molecule has 0 unspecified atom stereocenters. The van der Waals surface area contributed by atoms with Gasteiger partial charge in [-0.3, -0.25) is 14.9 Å². The first-order chi connectivity index (χ1) is 13.7. The fraction of sp³-hybridized carbons (Fsp3) is 0.200. The van der Waals surface area contributed by atoms with E-state index in [1.807, 2.05) is 26.0 Å². The number of allylic oxidation sites excluding steroid dienone is 1. The monoisotopic (exact) mass is 414 g/mol. The third kappa shape index (κ3) is 4.22. The van der Waals surface area contributed by atoms with Gasteiger partial charge < -0.3 is 16.0 Å². The van der Waals surface area contributed by atoms with Crippen LogP contribution in [0.4, 0.5) is 16.2 Å². The maximum Gasteiger partial charge on any atom is 0.319 e. The maximum atomic E-state index is 13.0. The van der Waals surface area contributed by atoms with Crippen molar-refractivity contribution in [3.63, 3.8) is 0 Å². The highest BCUT2D eigenvalue weighted by atomic mass is 35.5. The standard InChI is InChI=1S/C20H19ClN4O4/c1-10-4-6-14(8-11(10)2)23-19(26)17-12(3)22-20(27)24-18(17)13-5-7-15(21)16(9-13)25(28)29/h4-9,18H,1-3H3,(H,23,26)(H2,22,24,27)/t18-/m1/s1. The molecule has 3 amide bonds. The predicted octanol–water partition coefficient (Wildman–Crippen LogP) is 4.13.